The molecule has 9 heteroatoms. The lowest BCUT2D eigenvalue weighted by Crippen LogP contribution is -2.42. The summed E-state index contributed by atoms with van der Waals surface area (Å²) in [5, 5.41) is 10.9. The van der Waals surface area contributed by atoms with Crippen LogP contribution in [-0.2, 0) is 14.3 Å². The molecular weight excluding hydrogens is 344 g/mol. The number of hydrogen-bond acceptors (Lipinski definition) is 7. The van der Waals surface area contributed by atoms with Crippen molar-refractivity contribution in [2.24, 2.45) is 5.92 Å². The summed E-state index contributed by atoms with van der Waals surface area (Å²) in [5.41, 5.74) is -0.150. The Labute approximate surface area is 151 Å². The number of amides is 1. The van der Waals surface area contributed by atoms with Crippen molar-refractivity contribution in [3.8, 4) is 11.5 Å². The SMILES string of the molecule is CCOC(=O)C1CCN(C(=O)COc2cc([N+](=O)[O-])ccc2OC)CC1. The van der Waals surface area contributed by atoms with Crippen molar-refractivity contribution in [1.29, 1.82) is 0 Å². The quantitative estimate of drug-likeness (QED) is 0.411. The van der Waals surface area contributed by atoms with Gasteiger partial charge in [-0.1, -0.05) is 0 Å². The molecule has 1 fully saturated rings. The summed E-state index contributed by atoms with van der Waals surface area (Å²) in [6, 6.07) is 3.94. The second-order valence-electron chi connectivity index (χ2n) is 5.79. The predicted molar refractivity (Wildman–Crippen MR) is 91.1 cm³/mol. The molecule has 0 unspecified atom stereocenters. The van der Waals surface area contributed by atoms with E-state index < -0.39 is 4.92 Å². The largest absolute Gasteiger partial charge is 0.493 e. The summed E-state index contributed by atoms with van der Waals surface area (Å²) in [6.45, 7) is 2.73. The van der Waals surface area contributed by atoms with E-state index in [2.05, 4.69) is 0 Å². The van der Waals surface area contributed by atoms with E-state index in [0.29, 0.717) is 38.3 Å². The first kappa shape index (κ1) is 19.5. The van der Waals surface area contributed by atoms with Gasteiger partial charge in [0, 0.05) is 19.2 Å². The minimum atomic E-state index is -0.547. The van der Waals surface area contributed by atoms with E-state index >= 15 is 0 Å². The number of piperidine rings is 1. The number of non-ortho nitro benzene ring substituents is 1. The van der Waals surface area contributed by atoms with Gasteiger partial charge in [-0.05, 0) is 25.8 Å². The van der Waals surface area contributed by atoms with E-state index in [1.54, 1.807) is 11.8 Å². The maximum absolute atomic E-state index is 12.3. The molecule has 1 saturated heterocycles. The fourth-order valence-corrected chi connectivity index (χ4v) is 2.75. The molecule has 0 spiro atoms. The summed E-state index contributed by atoms with van der Waals surface area (Å²) in [7, 11) is 1.41. The van der Waals surface area contributed by atoms with Gasteiger partial charge in [0.25, 0.3) is 11.6 Å². The third kappa shape index (κ3) is 4.84. The topological polar surface area (TPSA) is 108 Å². The number of benzene rings is 1. The number of hydrogen-bond donors (Lipinski definition) is 0. The molecule has 1 amide bonds. The Morgan fingerprint density at radius 1 is 1.27 bits per heavy atom. The van der Waals surface area contributed by atoms with Gasteiger partial charge in [-0.15, -0.1) is 0 Å². The van der Waals surface area contributed by atoms with Gasteiger partial charge in [0.15, 0.2) is 18.1 Å². The summed E-state index contributed by atoms with van der Waals surface area (Å²) >= 11 is 0. The van der Waals surface area contributed by atoms with E-state index in [1.807, 2.05) is 0 Å². The van der Waals surface area contributed by atoms with Crippen LogP contribution < -0.4 is 9.47 Å². The van der Waals surface area contributed by atoms with Crippen molar-refractivity contribution in [3.63, 3.8) is 0 Å². The molecule has 0 bridgehead atoms. The molecule has 2 rings (SSSR count). The molecule has 1 aromatic rings. The Morgan fingerprint density at radius 3 is 2.54 bits per heavy atom. The predicted octanol–water partition coefficient (Wildman–Crippen LogP) is 1.78. The number of nitro groups is 1. The maximum atomic E-state index is 12.3. The Hall–Kier alpha value is -2.84. The molecular formula is C17H22N2O7. The van der Waals surface area contributed by atoms with Gasteiger partial charge < -0.3 is 19.1 Å². The van der Waals surface area contributed by atoms with Crippen LogP contribution in [0.5, 0.6) is 11.5 Å². The molecule has 26 heavy (non-hydrogen) atoms. The average molecular weight is 366 g/mol. The number of likely N-dealkylation sites (tertiary alicyclic amines) is 1. The number of esters is 1. The molecule has 1 aromatic carbocycles. The molecule has 0 atom stereocenters. The van der Waals surface area contributed by atoms with Gasteiger partial charge in [-0.25, -0.2) is 0 Å². The van der Waals surface area contributed by atoms with Crippen molar-refractivity contribution in [2.75, 3.05) is 33.4 Å². The lowest BCUT2D eigenvalue weighted by molar-refractivity contribution is -0.385. The van der Waals surface area contributed by atoms with Crippen LogP contribution in [0.3, 0.4) is 0 Å². The van der Waals surface area contributed by atoms with Gasteiger partial charge >= 0.3 is 5.97 Å². The number of nitrogens with zero attached hydrogens (tertiary/aromatic N) is 2. The highest BCUT2D eigenvalue weighted by Crippen LogP contribution is 2.31. The fourth-order valence-electron chi connectivity index (χ4n) is 2.75. The molecule has 9 nitrogen and oxygen atoms in total. The van der Waals surface area contributed by atoms with Gasteiger partial charge in [-0.2, -0.15) is 0 Å². The monoisotopic (exact) mass is 366 g/mol. The highest BCUT2D eigenvalue weighted by Gasteiger charge is 2.28. The zero-order chi connectivity index (χ0) is 19.1. The highest BCUT2D eigenvalue weighted by molar-refractivity contribution is 5.78. The average Bonchev–Trinajstić information content (AvgIpc) is 2.66. The van der Waals surface area contributed by atoms with Crippen LogP contribution in [0.4, 0.5) is 5.69 Å². The Bertz CT molecular complexity index is 669. The van der Waals surface area contributed by atoms with Crippen LogP contribution >= 0.6 is 0 Å². The minimum Gasteiger partial charge on any atom is -0.493 e. The van der Waals surface area contributed by atoms with Gasteiger partial charge in [0.1, 0.15) is 0 Å². The third-order valence-electron chi connectivity index (χ3n) is 4.18. The van der Waals surface area contributed by atoms with Crippen LogP contribution in [0.1, 0.15) is 19.8 Å². The molecule has 0 radical (unpaired) electrons. The minimum absolute atomic E-state index is 0.136. The Kier molecular flexibility index (Phi) is 6.76. The molecule has 0 N–H and O–H groups in total. The third-order valence-corrected chi connectivity index (χ3v) is 4.18. The Morgan fingerprint density at radius 2 is 1.96 bits per heavy atom. The molecule has 1 aliphatic rings. The molecule has 0 aromatic heterocycles. The molecule has 0 saturated carbocycles. The van der Waals surface area contributed by atoms with Gasteiger partial charge in [0.05, 0.1) is 30.6 Å². The number of nitro benzene ring substituents is 1. The normalized spacial score (nSPS) is 14.6. The number of methoxy groups -OCH3 is 1. The van der Waals surface area contributed by atoms with E-state index in [-0.39, 0.29) is 35.8 Å². The molecule has 1 aliphatic heterocycles. The number of ether oxygens (including phenoxy) is 3. The lowest BCUT2D eigenvalue weighted by Gasteiger charge is -2.30. The maximum Gasteiger partial charge on any atom is 0.309 e. The zero-order valence-electron chi connectivity index (χ0n) is 14.8. The standard InChI is InChI=1S/C17H22N2O7/c1-3-25-17(21)12-6-8-18(9-7-12)16(20)11-26-15-10-13(19(22)23)4-5-14(15)24-2/h4-5,10,12H,3,6-9,11H2,1-2H3. The van der Waals surface area contributed by atoms with E-state index in [1.165, 1.54) is 25.3 Å². The van der Waals surface area contributed by atoms with Crippen molar-refractivity contribution in [3.05, 3.63) is 28.3 Å². The summed E-state index contributed by atoms with van der Waals surface area (Å²) in [5.74, 6) is -0.212. The van der Waals surface area contributed by atoms with Gasteiger partial charge in [0.2, 0.25) is 0 Å². The summed E-state index contributed by atoms with van der Waals surface area (Å²) < 4.78 is 15.5. The van der Waals surface area contributed by atoms with Crippen molar-refractivity contribution < 1.29 is 28.7 Å². The molecule has 1 heterocycles. The summed E-state index contributed by atoms with van der Waals surface area (Å²) in [6.07, 6.45) is 1.09. The van der Waals surface area contributed by atoms with Crippen LogP contribution in [-0.4, -0.2) is 55.1 Å². The molecule has 142 valence electrons. The second kappa shape index (κ2) is 9.02. The van der Waals surface area contributed by atoms with E-state index in [4.69, 9.17) is 14.2 Å². The second-order valence-corrected chi connectivity index (χ2v) is 5.79. The van der Waals surface area contributed by atoms with Crippen molar-refractivity contribution >= 4 is 17.6 Å². The molecule has 0 aliphatic carbocycles. The zero-order valence-corrected chi connectivity index (χ0v) is 14.8. The summed E-state index contributed by atoms with van der Waals surface area (Å²) in [4.78, 5) is 36.0. The van der Waals surface area contributed by atoms with Crippen LogP contribution in [0.25, 0.3) is 0 Å². The van der Waals surface area contributed by atoms with Crippen LogP contribution in [0.15, 0.2) is 18.2 Å². The first-order chi connectivity index (χ1) is 12.5. The fraction of sp³-hybridized carbons (Fsp3) is 0.529. The highest BCUT2D eigenvalue weighted by atomic mass is 16.6. The first-order valence-electron chi connectivity index (χ1n) is 8.35. The smallest absolute Gasteiger partial charge is 0.309 e. The number of rotatable bonds is 7. The number of carbonyl (C=O) groups excluding carboxylic acids is 2. The number of carbonyl (C=O) groups is 2. The van der Waals surface area contributed by atoms with Crippen molar-refractivity contribution in [1.82, 2.24) is 4.90 Å². The first-order valence-corrected chi connectivity index (χ1v) is 8.35. The van der Waals surface area contributed by atoms with Crippen molar-refractivity contribution in [2.45, 2.75) is 19.8 Å². The van der Waals surface area contributed by atoms with E-state index in [9.17, 15) is 19.7 Å². The van der Waals surface area contributed by atoms with Crippen LogP contribution in [0.2, 0.25) is 0 Å². The Balaban J connectivity index is 1.90. The lowest BCUT2D eigenvalue weighted by atomic mass is 9.97. The van der Waals surface area contributed by atoms with E-state index in [0.717, 1.165) is 0 Å². The van der Waals surface area contributed by atoms with Crippen LogP contribution in [0, 0.1) is 16.0 Å². The van der Waals surface area contributed by atoms with Gasteiger partial charge in [-0.3, -0.25) is 19.7 Å².